The van der Waals surface area contributed by atoms with Gasteiger partial charge in [-0.2, -0.15) is 0 Å². The molecule has 120 valence electrons. The summed E-state index contributed by atoms with van der Waals surface area (Å²) in [5.74, 6) is 0.448. The van der Waals surface area contributed by atoms with Crippen LogP contribution in [0.25, 0.3) is 0 Å². The average Bonchev–Trinajstić information content (AvgIpc) is 2.48. The molecule has 0 aromatic heterocycles. The first-order chi connectivity index (χ1) is 10.0. The summed E-state index contributed by atoms with van der Waals surface area (Å²) < 4.78 is 11.3. The number of urea groups is 1. The Morgan fingerprint density at radius 1 is 1.14 bits per heavy atom. The van der Waals surface area contributed by atoms with Crippen molar-refractivity contribution < 1.29 is 18.9 Å². The largest absolute Gasteiger partial charge is 0.481 e. The summed E-state index contributed by atoms with van der Waals surface area (Å²) in [6, 6.07) is -0.256. The van der Waals surface area contributed by atoms with Crippen molar-refractivity contribution in [2.75, 3.05) is 18.1 Å². The Labute approximate surface area is 127 Å². The number of hydrogen-bond acceptors (Lipinski definition) is 3. The fourth-order valence-electron chi connectivity index (χ4n) is 3.12. The van der Waals surface area contributed by atoms with Crippen LogP contribution in [0, 0.1) is 5.41 Å². The van der Waals surface area contributed by atoms with Gasteiger partial charge in [0.05, 0.1) is 5.41 Å². The van der Waals surface area contributed by atoms with Crippen LogP contribution in [-0.2, 0) is 15.6 Å². The van der Waals surface area contributed by atoms with Crippen molar-refractivity contribution in [3.63, 3.8) is 0 Å². The number of hydrogen-bond donors (Lipinski definition) is 3. The number of amides is 2. The zero-order chi connectivity index (χ0) is 15.3. The zero-order valence-corrected chi connectivity index (χ0v) is 13.0. The molecule has 7 heteroatoms. The summed E-state index contributed by atoms with van der Waals surface area (Å²) in [6.45, 7) is 0.187. The summed E-state index contributed by atoms with van der Waals surface area (Å²) >= 11 is 0. The molecule has 1 aliphatic heterocycles. The standard InChI is InChI=1S/C14H24N2O4S/c17-12(18)14(6-2-1-3-7-14)10-15-13(19)16-11-4-8-21(20)9-5-11/h11H,1-10H2,(H,17,18)(H2,15,16,19). The Kier molecular flexibility index (Phi) is 5.61. The molecule has 6 nitrogen and oxygen atoms in total. The quantitative estimate of drug-likeness (QED) is 0.727. The summed E-state index contributed by atoms with van der Waals surface area (Å²) in [7, 11) is -0.746. The molecule has 0 unspecified atom stereocenters. The van der Waals surface area contributed by atoms with E-state index in [9.17, 15) is 18.9 Å². The lowest BCUT2D eigenvalue weighted by Gasteiger charge is -2.33. The number of carboxylic acids is 1. The van der Waals surface area contributed by atoms with Crippen LogP contribution in [0.1, 0.15) is 44.9 Å². The molecule has 0 bridgehead atoms. The molecule has 0 radical (unpaired) electrons. The highest BCUT2D eigenvalue weighted by Gasteiger charge is 2.39. The van der Waals surface area contributed by atoms with Gasteiger partial charge in [-0.05, 0) is 25.7 Å². The van der Waals surface area contributed by atoms with Crippen LogP contribution in [0.2, 0.25) is 0 Å². The second-order valence-corrected chi connectivity index (χ2v) is 7.79. The summed E-state index contributed by atoms with van der Waals surface area (Å²) in [6.07, 6.45) is 5.60. The van der Waals surface area contributed by atoms with Crippen LogP contribution in [0.15, 0.2) is 0 Å². The summed E-state index contributed by atoms with van der Waals surface area (Å²) in [5.41, 5.74) is -0.802. The van der Waals surface area contributed by atoms with Crippen molar-refractivity contribution in [3.05, 3.63) is 0 Å². The molecule has 21 heavy (non-hydrogen) atoms. The fourth-order valence-corrected chi connectivity index (χ4v) is 4.42. The molecule has 1 heterocycles. The van der Waals surface area contributed by atoms with Crippen LogP contribution < -0.4 is 10.6 Å². The SMILES string of the molecule is O=C(NCC1(C(=O)O)CCCCC1)NC1CCS(=O)CC1. The first-order valence-corrected chi connectivity index (χ1v) is 9.13. The lowest BCUT2D eigenvalue weighted by molar-refractivity contribution is -0.150. The lowest BCUT2D eigenvalue weighted by atomic mass is 9.74. The molecule has 1 saturated carbocycles. The van der Waals surface area contributed by atoms with E-state index in [0.29, 0.717) is 24.3 Å². The number of carbonyl (C=O) groups is 2. The monoisotopic (exact) mass is 316 g/mol. The molecule has 1 aliphatic carbocycles. The number of aliphatic carboxylic acids is 1. The molecule has 2 aliphatic rings. The normalized spacial score (nSPS) is 28.6. The van der Waals surface area contributed by atoms with Gasteiger partial charge in [-0.1, -0.05) is 19.3 Å². The highest BCUT2D eigenvalue weighted by molar-refractivity contribution is 7.85. The molecular weight excluding hydrogens is 292 g/mol. The van der Waals surface area contributed by atoms with E-state index in [1.165, 1.54) is 0 Å². The summed E-state index contributed by atoms with van der Waals surface area (Å²) in [4.78, 5) is 23.4. The second kappa shape index (κ2) is 7.24. The first-order valence-electron chi connectivity index (χ1n) is 7.65. The fraction of sp³-hybridized carbons (Fsp3) is 0.857. The highest BCUT2D eigenvalue weighted by atomic mass is 32.2. The van der Waals surface area contributed by atoms with Crippen LogP contribution in [-0.4, -0.2) is 45.4 Å². The maximum absolute atomic E-state index is 11.9. The molecule has 0 spiro atoms. The molecule has 2 rings (SSSR count). The van der Waals surface area contributed by atoms with E-state index < -0.39 is 22.2 Å². The minimum Gasteiger partial charge on any atom is -0.481 e. The predicted octanol–water partition coefficient (Wildman–Crippen LogP) is 1.23. The molecule has 1 saturated heterocycles. The zero-order valence-electron chi connectivity index (χ0n) is 12.2. The number of carbonyl (C=O) groups excluding carboxylic acids is 1. The average molecular weight is 316 g/mol. The van der Waals surface area contributed by atoms with E-state index in [4.69, 9.17) is 0 Å². The van der Waals surface area contributed by atoms with Gasteiger partial charge in [0.1, 0.15) is 0 Å². The van der Waals surface area contributed by atoms with Gasteiger partial charge in [0.25, 0.3) is 0 Å². The smallest absolute Gasteiger partial charge is 0.315 e. The Hall–Kier alpha value is -1.11. The molecule has 0 atom stereocenters. The van der Waals surface area contributed by atoms with Crippen molar-refractivity contribution in [1.82, 2.24) is 10.6 Å². The molecule has 3 N–H and O–H groups in total. The van der Waals surface area contributed by atoms with E-state index in [1.807, 2.05) is 0 Å². The highest BCUT2D eigenvalue weighted by Crippen LogP contribution is 2.35. The molecule has 2 amide bonds. The van der Waals surface area contributed by atoms with E-state index in [0.717, 1.165) is 32.1 Å². The van der Waals surface area contributed by atoms with Gasteiger partial charge in [-0.3, -0.25) is 9.00 Å². The van der Waals surface area contributed by atoms with Gasteiger partial charge < -0.3 is 15.7 Å². The third kappa shape index (κ3) is 4.43. The van der Waals surface area contributed by atoms with Crippen LogP contribution in [0.5, 0.6) is 0 Å². The van der Waals surface area contributed by atoms with Crippen molar-refractivity contribution >= 4 is 22.8 Å². The van der Waals surface area contributed by atoms with Gasteiger partial charge in [-0.15, -0.1) is 0 Å². The van der Waals surface area contributed by atoms with Crippen LogP contribution in [0.4, 0.5) is 4.79 Å². The topological polar surface area (TPSA) is 95.5 Å². The Bertz CT molecular complexity index is 411. The Balaban J connectivity index is 1.79. The number of carboxylic acid groups (broad SMARTS) is 1. The lowest BCUT2D eigenvalue weighted by Crippen LogP contribution is -2.50. The van der Waals surface area contributed by atoms with Crippen LogP contribution in [0.3, 0.4) is 0 Å². The van der Waals surface area contributed by atoms with Crippen molar-refractivity contribution in [1.29, 1.82) is 0 Å². The molecule has 0 aromatic carbocycles. The Morgan fingerprint density at radius 3 is 2.33 bits per heavy atom. The van der Waals surface area contributed by atoms with Gasteiger partial charge in [-0.25, -0.2) is 4.79 Å². The minimum absolute atomic E-state index is 0.0508. The van der Waals surface area contributed by atoms with E-state index >= 15 is 0 Å². The first kappa shape index (κ1) is 16.3. The van der Waals surface area contributed by atoms with E-state index in [-0.39, 0.29) is 18.6 Å². The molecular formula is C14H24N2O4S. The van der Waals surface area contributed by atoms with E-state index in [1.54, 1.807) is 0 Å². The Morgan fingerprint density at radius 2 is 1.76 bits per heavy atom. The molecule has 0 aromatic rings. The number of rotatable bonds is 4. The van der Waals surface area contributed by atoms with Gasteiger partial charge >= 0.3 is 12.0 Å². The number of nitrogens with one attached hydrogen (secondary N) is 2. The summed E-state index contributed by atoms with van der Waals surface area (Å²) in [5, 5.41) is 15.0. The third-order valence-electron chi connectivity index (χ3n) is 4.57. The molecule has 2 fully saturated rings. The third-order valence-corrected chi connectivity index (χ3v) is 5.96. The predicted molar refractivity (Wildman–Crippen MR) is 80.6 cm³/mol. The van der Waals surface area contributed by atoms with Crippen molar-refractivity contribution in [2.24, 2.45) is 5.41 Å². The van der Waals surface area contributed by atoms with Crippen molar-refractivity contribution in [2.45, 2.75) is 51.0 Å². The maximum atomic E-state index is 11.9. The van der Waals surface area contributed by atoms with Crippen molar-refractivity contribution in [3.8, 4) is 0 Å². The van der Waals surface area contributed by atoms with Gasteiger partial charge in [0.15, 0.2) is 0 Å². The maximum Gasteiger partial charge on any atom is 0.315 e. The van der Waals surface area contributed by atoms with Gasteiger partial charge in [0, 0.05) is 34.9 Å². The minimum atomic E-state index is -0.810. The van der Waals surface area contributed by atoms with E-state index in [2.05, 4.69) is 10.6 Å². The second-order valence-electron chi connectivity index (χ2n) is 6.10. The van der Waals surface area contributed by atoms with Crippen LogP contribution >= 0.6 is 0 Å². The van der Waals surface area contributed by atoms with Gasteiger partial charge in [0.2, 0.25) is 0 Å².